The third-order valence-corrected chi connectivity index (χ3v) is 4.19. The lowest BCUT2D eigenvalue weighted by atomic mass is 10.1. The zero-order valence-corrected chi connectivity index (χ0v) is 11.7. The summed E-state index contributed by atoms with van der Waals surface area (Å²) in [5.74, 6) is 0. The first-order valence-corrected chi connectivity index (χ1v) is 7.45. The first-order valence-electron chi connectivity index (χ1n) is 7.45. The predicted octanol–water partition coefficient (Wildman–Crippen LogP) is 4.68. The number of hydrogen-bond acceptors (Lipinski definition) is 2. The van der Waals surface area contributed by atoms with E-state index in [9.17, 15) is 0 Å². The summed E-state index contributed by atoms with van der Waals surface area (Å²) in [6, 6.07) is 9.22. The highest BCUT2D eigenvalue weighted by molar-refractivity contribution is 5.93. The van der Waals surface area contributed by atoms with Gasteiger partial charge in [-0.1, -0.05) is 31.7 Å². The standard InChI is InChI=1S/C17H22N2/c1-13-10-11-16(15-9-6-12-18-17(13)15)19-14-7-4-2-3-5-8-14/h6,9-12,14,19H,2-5,7-8H2,1H3. The molecule has 0 amide bonds. The van der Waals surface area contributed by atoms with Crippen LogP contribution in [0.5, 0.6) is 0 Å². The minimum absolute atomic E-state index is 0.633. The van der Waals surface area contributed by atoms with Gasteiger partial charge in [0.15, 0.2) is 0 Å². The van der Waals surface area contributed by atoms with E-state index in [-0.39, 0.29) is 0 Å². The lowest BCUT2D eigenvalue weighted by Crippen LogP contribution is -2.18. The number of nitrogens with one attached hydrogen (secondary N) is 1. The van der Waals surface area contributed by atoms with Crippen LogP contribution in [-0.2, 0) is 0 Å². The van der Waals surface area contributed by atoms with E-state index in [1.165, 1.54) is 55.2 Å². The minimum atomic E-state index is 0.633. The van der Waals surface area contributed by atoms with Crippen LogP contribution < -0.4 is 5.32 Å². The summed E-state index contributed by atoms with van der Waals surface area (Å²) in [7, 11) is 0. The van der Waals surface area contributed by atoms with Gasteiger partial charge in [0.1, 0.15) is 0 Å². The van der Waals surface area contributed by atoms with Gasteiger partial charge in [0.05, 0.1) is 5.52 Å². The Morgan fingerprint density at radius 2 is 1.84 bits per heavy atom. The van der Waals surface area contributed by atoms with Crippen molar-refractivity contribution in [2.45, 2.75) is 51.5 Å². The molecular weight excluding hydrogens is 232 g/mol. The molecule has 1 saturated carbocycles. The Hall–Kier alpha value is -1.57. The number of pyridine rings is 1. The number of fused-ring (bicyclic) bond motifs is 1. The summed E-state index contributed by atoms with van der Waals surface area (Å²) >= 11 is 0. The van der Waals surface area contributed by atoms with Crippen LogP contribution in [0, 0.1) is 6.92 Å². The summed E-state index contributed by atoms with van der Waals surface area (Å²) in [6.07, 6.45) is 10.00. The predicted molar refractivity (Wildman–Crippen MR) is 81.6 cm³/mol. The number of aryl methyl sites for hydroxylation is 1. The van der Waals surface area contributed by atoms with Gasteiger partial charge < -0.3 is 5.32 Å². The average Bonchev–Trinajstić information content (AvgIpc) is 2.71. The molecule has 100 valence electrons. The second-order valence-corrected chi connectivity index (χ2v) is 5.66. The van der Waals surface area contributed by atoms with Gasteiger partial charge in [0.2, 0.25) is 0 Å². The monoisotopic (exact) mass is 254 g/mol. The number of nitrogens with zero attached hydrogens (tertiary/aromatic N) is 1. The molecule has 0 atom stereocenters. The average molecular weight is 254 g/mol. The molecule has 2 heteroatoms. The van der Waals surface area contributed by atoms with Gasteiger partial charge in [-0.15, -0.1) is 0 Å². The number of rotatable bonds is 2. The van der Waals surface area contributed by atoms with Crippen molar-refractivity contribution in [3.05, 3.63) is 36.0 Å². The Bertz CT molecular complexity index is 554. The molecule has 1 aliphatic rings. The van der Waals surface area contributed by atoms with Crippen molar-refractivity contribution in [2.24, 2.45) is 0 Å². The van der Waals surface area contributed by atoms with E-state index < -0.39 is 0 Å². The maximum Gasteiger partial charge on any atom is 0.0751 e. The lowest BCUT2D eigenvalue weighted by Gasteiger charge is -2.19. The maximum absolute atomic E-state index is 4.51. The molecule has 2 aromatic rings. The van der Waals surface area contributed by atoms with Gasteiger partial charge in [-0.2, -0.15) is 0 Å². The Morgan fingerprint density at radius 1 is 1.05 bits per heavy atom. The molecule has 0 radical (unpaired) electrons. The van der Waals surface area contributed by atoms with Crippen molar-refractivity contribution in [1.82, 2.24) is 4.98 Å². The van der Waals surface area contributed by atoms with Crippen LogP contribution in [0.4, 0.5) is 5.69 Å². The topological polar surface area (TPSA) is 24.9 Å². The van der Waals surface area contributed by atoms with Crippen molar-refractivity contribution in [3.63, 3.8) is 0 Å². The highest BCUT2D eigenvalue weighted by Crippen LogP contribution is 2.27. The van der Waals surface area contributed by atoms with Gasteiger partial charge >= 0.3 is 0 Å². The van der Waals surface area contributed by atoms with E-state index in [1.54, 1.807) is 0 Å². The molecule has 1 aromatic carbocycles. The zero-order valence-electron chi connectivity index (χ0n) is 11.7. The van der Waals surface area contributed by atoms with Gasteiger partial charge in [0.25, 0.3) is 0 Å². The smallest absolute Gasteiger partial charge is 0.0751 e. The Kier molecular flexibility index (Phi) is 3.67. The number of hydrogen-bond donors (Lipinski definition) is 1. The van der Waals surface area contributed by atoms with Crippen LogP contribution in [0.1, 0.15) is 44.1 Å². The Balaban J connectivity index is 1.90. The highest BCUT2D eigenvalue weighted by Gasteiger charge is 2.13. The fraction of sp³-hybridized carbons (Fsp3) is 0.471. The van der Waals surface area contributed by atoms with Crippen LogP contribution in [0.15, 0.2) is 30.5 Å². The SMILES string of the molecule is Cc1ccc(NC2CCCCCC2)c2cccnc12. The third kappa shape index (κ3) is 2.73. The van der Waals surface area contributed by atoms with Crippen molar-refractivity contribution in [3.8, 4) is 0 Å². The minimum Gasteiger partial charge on any atom is -0.382 e. The molecule has 1 fully saturated rings. The van der Waals surface area contributed by atoms with E-state index in [2.05, 4.69) is 35.4 Å². The van der Waals surface area contributed by atoms with Crippen molar-refractivity contribution < 1.29 is 0 Å². The number of aromatic nitrogens is 1. The molecular formula is C17H22N2. The van der Waals surface area contributed by atoms with E-state index in [4.69, 9.17) is 0 Å². The molecule has 1 aliphatic carbocycles. The molecule has 0 spiro atoms. The third-order valence-electron chi connectivity index (χ3n) is 4.19. The van der Waals surface area contributed by atoms with Gasteiger partial charge in [-0.3, -0.25) is 4.98 Å². The van der Waals surface area contributed by atoms with Gasteiger partial charge in [-0.25, -0.2) is 0 Å². The van der Waals surface area contributed by atoms with Crippen LogP contribution in [-0.4, -0.2) is 11.0 Å². The molecule has 0 saturated heterocycles. The maximum atomic E-state index is 4.51. The van der Waals surface area contributed by atoms with E-state index in [1.807, 2.05) is 12.3 Å². The van der Waals surface area contributed by atoms with E-state index in [0.29, 0.717) is 6.04 Å². The van der Waals surface area contributed by atoms with Crippen LogP contribution in [0.3, 0.4) is 0 Å². The molecule has 1 N–H and O–H groups in total. The number of anilines is 1. The first kappa shape index (κ1) is 12.5. The molecule has 3 rings (SSSR count). The van der Waals surface area contributed by atoms with Gasteiger partial charge in [-0.05, 0) is 43.5 Å². The van der Waals surface area contributed by atoms with Crippen LogP contribution in [0.25, 0.3) is 10.9 Å². The van der Waals surface area contributed by atoms with E-state index in [0.717, 1.165) is 5.52 Å². The summed E-state index contributed by atoms with van der Waals surface area (Å²) in [5.41, 5.74) is 3.63. The molecule has 1 heterocycles. The molecule has 0 unspecified atom stereocenters. The largest absolute Gasteiger partial charge is 0.382 e. The number of benzene rings is 1. The lowest BCUT2D eigenvalue weighted by molar-refractivity contribution is 0.620. The summed E-state index contributed by atoms with van der Waals surface area (Å²) in [5, 5.41) is 5.01. The Labute approximate surface area is 115 Å². The van der Waals surface area contributed by atoms with Crippen molar-refractivity contribution in [2.75, 3.05) is 5.32 Å². The molecule has 0 bridgehead atoms. The fourth-order valence-corrected chi connectivity index (χ4v) is 3.08. The van der Waals surface area contributed by atoms with Crippen molar-refractivity contribution >= 4 is 16.6 Å². The van der Waals surface area contributed by atoms with Crippen LogP contribution >= 0.6 is 0 Å². The van der Waals surface area contributed by atoms with Crippen LogP contribution in [0.2, 0.25) is 0 Å². The zero-order chi connectivity index (χ0) is 13.1. The first-order chi connectivity index (χ1) is 9.34. The summed E-state index contributed by atoms with van der Waals surface area (Å²) < 4.78 is 0. The molecule has 1 aromatic heterocycles. The Morgan fingerprint density at radius 3 is 2.63 bits per heavy atom. The fourth-order valence-electron chi connectivity index (χ4n) is 3.08. The molecule has 0 aliphatic heterocycles. The normalized spacial score (nSPS) is 17.3. The summed E-state index contributed by atoms with van der Waals surface area (Å²) in [6.45, 7) is 2.13. The second-order valence-electron chi connectivity index (χ2n) is 5.66. The van der Waals surface area contributed by atoms with Crippen molar-refractivity contribution in [1.29, 1.82) is 0 Å². The highest BCUT2D eigenvalue weighted by atomic mass is 14.9. The second kappa shape index (κ2) is 5.60. The van der Waals surface area contributed by atoms with Gasteiger partial charge in [0, 0.05) is 23.3 Å². The quantitative estimate of drug-likeness (QED) is 0.787. The van der Waals surface area contributed by atoms with E-state index >= 15 is 0 Å². The molecule has 2 nitrogen and oxygen atoms in total. The molecule has 19 heavy (non-hydrogen) atoms. The summed E-state index contributed by atoms with van der Waals surface area (Å²) in [4.78, 5) is 4.51.